The second kappa shape index (κ2) is 10.0. The van der Waals surface area contributed by atoms with Gasteiger partial charge in [-0.1, -0.05) is 40.9 Å². The number of thiocarbonyl (C=S) groups is 1. The monoisotopic (exact) mass is 484 g/mol. The first kappa shape index (κ1) is 22.9. The highest BCUT2D eigenvalue weighted by Crippen LogP contribution is 2.25. The van der Waals surface area contributed by atoms with Gasteiger partial charge >= 0.3 is 0 Å². The maximum absolute atomic E-state index is 6.12. The van der Waals surface area contributed by atoms with Gasteiger partial charge in [0.15, 0.2) is 5.11 Å². The highest BCUT2D eigenvalue weighted by molar-refractivity contribution is 7.80. The molecular weight excluding hydrogens is 463 g/mol. The fourth-order valence-electron chi connectivity index (χ4n) is 3.05. The van der Waals surface area contributed by atoms with Crippen molar-refractivity contribution in [2.24, 2.45) is 0 Å². The Morgan fingerprint density at radius 3 is 2.47 bits per heavy atom. The van der Waals surface area contributed by atoms with Crippen molar-refractivity contribution < 1.29 is 0 Å². The second-order valence-electron chi connectivity index (χ2n) is 7.01. The second-order valence-corrected chi connectivity index (χ2v) is 8.64. The number of halogens is 3. The molecule has 0 bridgehead atoms. The maximum Gasteiger partial charge on any atom is 0.170 e. The predicted octanol–water partition coefficient (Wildman–Crippen LogP) is 5.39. The molecule has 10 heteroatoms. The van der Waals surface area contributed by atoms with E-state index in [9.17, 15) is 0 Å². The summed E-state index contributed by atoms with van der Waals surface area (Å²) in [5.74, 6) is 0. The smallest absolute Gasteiger partial charge is 0.170 e. The highest BCUT2D eigenvalue weighted by atomic mass is 35.5. The number of anilines is 1. The van der Waals surface area contributed by atoms with Crippen LogP contribution in [0, 0.1) is 20.8 Å². The Morgan fingerprint density at radius 2 is 1.80 bits per heavy atom. The molecule has 0 aliphatic heterocycles. The molecule has 3 rings (SSSR count). The number of hydrogen-bond acceptors (Lipinski definition) is 3. The van der Waals surface area contributed by atoms with Crippen molar-refractivity contribution in [2.45, 2.75) is 40.3 Å². The van der Waals surface area contributed by atoms with Crippen molar-refractivity contribution in [2.75, 3.05) is 11.9 Å². The number of rotatable bonds is 7. The van der Waals surface area contributed by atoms with Crippen molar-refractivity contribution in [3.8, 4) is 0 Å². The third-order valence-electron chi connectivity index (χ3n) is 4.67. The van der Waals surface area contributed by atoms with Gasteiger partial charge in [0.05, 0.1) is 44.4 Å². The molecule has 2 heterocycles. The van der Waals surface area contributed by atoms with Gasteiger partial charge in [-0.15, -0.1) is 0 Å². The van der Waals surface area contributed by atoms with E-state index in [-0.39, 0.29) is 0 Å². The van der Waals surface area contributed by atoms with Crippen LogP contribution in [0.1, 0.15) is 29.1 Å². The fourth-order valence-corrected chi connectivity index (χ4v) is 3.73. The summed E-state index contributed by atoms with van der Waals surface area (Å²) in [7, 11) is 0. The van der Waals surface area contributed by atoms with Crippen LogP contribution in [0.15, 0.2) is 24.4 Å². The molecule has 3 aromatic rings. The quantitative estimate of drug-likeness (QED) is 0.347. The lowest BCUT2D eigenvalue weighted by Gasteiger charge is -2.11. The van der Waals surface area contributed by atoms with E-state index >= 15 is 0 Å². The number of aromatic nitrogens is 4. The summed E-state index contributed by atoms with van der Waals surface area (Å²) in [5, 5.41) is 17.8. The Labute approximate surface area is 196 Å². The van der Waals surface area contributed by atoms with Crippen LogP contribution < -0.4 is 10.6 Å². The average Bonchev–Trinajstić information content (AvgIpc) is 3.14. The summed E-state index contributed by atoms with van der Waals surface area (Å²) in [6, 6.07) is 5.59. The van der Waals surface area contributed by atoms with Crippen molar-refractivity contribution >= 4 is 57.8 Å². The third kappa shape index (κ3) is 5.66. The predicted molar refractivity (Wildman–Crippen MR) is 128 cm³/mol. The SMILES string of the molecule is Cc1nn(CCCNC(=S)Nc2c(C)nn(Cc3ccc(Cl)c(Cl)c3)c2C)cc1Cl. The van der Waals surface area contributed by atoms with E-state index in [4.69, 9.17) is 47.0 Å². The molecule has 0 saturated carbocycles. The number of benzene rings is 1. The average molecular weight is 486 g/mol. The first-order chi connectivity index (χ1) is 14.2. The van der Waals surface area contributed by atoms with Gasteiger partial charge in [-0.05, 0) is 57.1 Å². The topological polar surface area (TPSA) is 59.7 Å². The molecule has 0 unspecified atom stereocenters. The van der Waals surface area contributed by atoms with E-state index in [1.165, 1.54) is 0 Å². The molecule has 30 heavy (non-hydrogen) atoms. The van der Waals surface area contributed by atoms with E-state index < -0.39 is 0 Å². The molecule has 160 valence electrons. The van der Waals surface area contributed by atoms with Crippen molar-refractivity contribution in [3.63, 3.8) is 0 Å². The molecule has 0 aliphatic rings. The molecule has 0 spiro atoms. The molecule has 0 atom stereocenters. The molecule has 2 aromatic heterocycles. The largest absolute Gasteiger partial charge is 0.362 e. The Bertz CT molecular complexity index is 1040. The van der Waals surface area contributed by atoms with Gasteiger partial charge in [-0.2, -0.15) is 10.2 Å². The van der Waals surface area contributed by atoms with Gasteiger partial charge < -0.3 is 10.6 Å². The third-order valence-corrected chi connectivity index (χ3v) is 6.03. The standard InChI is InChI=1S/C20H23Cl3N6S/c1-12-18(23)11-28(26-12)8-4-7-24-20(30)25-19-13(2)27-29(14(19)3)10-15-5-6-16(21)17(22)9-15/h5-6,9,11H,4,7-8,10H2,1-3H3,(H2,24,25,30). The zero-order valence-corrected chi connectivity index (χ0v) is 20.1. The van der Waals surface area contributed by atoms with Crippen LogP contribution in [0.25, 0.3) is 0 Å². The van der Waals surface area contributed by atoms with E-state index in [0.717, 1.165) is 47.8 Å². The minimum Gasteiger partial charge on any atom is -0.362 e. The van der Waals surface area contributed by atoms with Crippen LogP contribution in [0.5, 0.6) is 0 Å². The molecule has 0 radical (unpaired) electrons. The van der Waals surface area contributed by atoms with Crippen LogP contribution in [-0.4, -0.2) is 31.2 Å². The summed E-state index contributed by atoms with van der Waals surface area (Å²) in [6.07, 6.45) is 2.70. The van der Waals surface area contributed by atoms with Crippen molar-refractivity contribution in [1.82, 2.24) is 24.9 Å². The maximum atomic E-state index is 6.12. The van der Waals surface area contributed by atoms with E-state index in [0.29, 0.717) is 26.7 Å². The fraction of sp³-hybridized carbons (Fsp3) is 0.350. The molecular formula is C20H23Cl3N6S. The molecule has 1 aromatic carbocycles. The zero-order valence-electron chi connectivity index (χ0n) is 17.0. The van der Waals surface area contributed by atoms with Crippen LogP contribution in [0.2, 0.25) is 15.1 Å². The van der Waals surface area contributed by atoms with Crippen LogP contribution in [0.3, 0.4) is 0 Å². The normalized spacial score (nSPS) is 11.0. The number of nitrogens with zero attached hydrogens (tertiary/aromatic N) is 4. The zero-order chi connectivity index (χ0) is 21.8. The van der Waals surface area contributed by atoms with Crippen molar-refractivity contribution in [1.29, 1.82) is 0 Å². The molecule has 2 N–H and O–H groups in total. The van der Waals surface area contributed by atoms with Gasteiger partial charge in [-0.3, -0.25) is 9.36 Å². The van der Waals surface area contributed by atoms with Crippen LogP contribution >= 0.6 is 47.0 Å². The summed E-state index contributed by atoms with van der Waals surface area (Å²) >= 11 is 23.6. The first-order valence-electron chi connectivity index (χ1n) is 9.47. The van der Waals surface area contributed by atoms with E-state index in [1.54, 1.807) is 6.07 Å². The van der Waals surface area contributed by atoms with Gasteiger partial charge in [-0.25, -0.2) is 0 Å². The van der Waals surface area contributed by atoms with E-state index in [1.807, 2.05) is 48.5 Å². The van der Waals surface area contributed by atoms with Crippen LogP contribution in [-0.2, 0) is 13.1 Å². The molecule has 0 saturated heterocycles. The first-order valence-corrected chi connectivity index (χ1v) is 11.0. The van der Waals surface area contributed by atoms with E-state index in [2.05, 4.69) is 20.8 Å². The Morgan fingerprint density at radius 1 is 1.03 bits per heavy atom. The van der Waals surface area contributed by atoms with Crippen LogP contribution in [0.4, 0.5) is 5.69 Å². The van der Waals surface area contributed by atoms with Gasteiger partial charge in [0.1, 0.15) is 0 Å². The van der Waals surface area contributed by atoms with Gasteiger partial charge in [0.2, 0.25) is 0 Å². The molecule has 0 aliphatic carbocycles. The number of hydrogen-bond donors (Lipinski definition) is 2. The molecule has 0 fully saturated rings. The van der Waals surface area contributed by atoms with Gasteiger partial charge in [0.25, 0.3) is 0 Å². The lowest BCUT2D eigenvalue weighted by Crippen LogP contribution is -2.30. The Balaban J connectivity index is 1.54. The molecule has 6 nitrogen and oxygen atoms in total. The highest BCUT2D eigenvalue weighted by Gasteiger charge is 2.13. The minimum absolute atomic E-state index is 0.534. The summed E-state index contributed by atoms with van der Waals surface area (Å²) in [6.45, 7) is 7.93. The number of nitrogens with one attached hydrogen (secondary N) is 2. The number of aryl methyl sites for hydroxylation is 3. The van der Waals surface area contributed by atoms with Gasteiger partial charge in [0, 0.05) is 19.3 Å². The summed E-state index contributed by atoms with van der Waals surface area (Å²) < 4.78 is 3.76. The lowest BCUT2D eigenvalue weighted by atomic mass is 10.2. The summed E-state index contributed by atoms with van der Waals surface area (Å²) in [4.78, 5) is 0. The Hall–Kier alpha value is -1.80. The Kier molecular flexibility index (Phi) is 7.63. The molecule has 0 amide bonds. The van der Waals surface area contributed by atoms with Crippen molar-refractivity contribution in [3.05, 3.63) is 62.1 Å². The lowest BCUT2D eigenvalue weighted by molar-refractivity contribution is 0.570. The minimum atomic E-state index is 0.534. The summed E-state index contributed by atoms with van der Waals surface area (Å²) in [5.41, 5.74) is 4.63.